The van der Waals surface area contributed by atoms with Crippen LogP contribution in [0.25, 0.3) is 0 Å². The molecule has 21 heavy (non-hydrogen) atoms. The van der Waals surface area contributed by atoms with Gasteiger partial charge in [-0.3, -0.25) is 0 Å². The lowest BCUT2D eigenvalue weighted by atomic mass is 10.0. The highest BCUT2D eigenvalue weighted by molar-refractivity contribution is 6.02. The molecule has 0 amide bonds. The van der Waals surface area contributed by atoms with E-state index in [1.807, 2.05) is 18.2 Å². The van der Waals surface area contributed by atoms with E-state index in [2.05, 4.69) is 53.8 Å². The number of rotatable bonds is 5. The minimum Gasteiger partial charge on any atom is -0.390 e. The molecule has 0 saturated heterocycles. The molecule has 0 saturated carbocycles. The predicted octanol–water partition coefficient (Wildman–Crippen LogP) is 3.28. The molecule has 0 spiro atoms. The molecule has 1 N–H and O–H groups in total. The third-order valence-electron chi connectivity index (χ3n) is 3.73. The van der Waals surface area contributed by atoms with Crippen molar-refractivity contribution in [2.45, 2.75) is 26.0 Å². The Morgan fingerprint density at radius 3 is 2.67 bits per heavy atom. The van der Waals surface area contributed by atoms with Gasteiger partial charge in [-0.15, -0.1) is 0 Å². The molecule has 2 aromatic rings. The van der Waals surface area contributed by atoms with E-state index in [4.69, 9.17) is 4.84 Å². The zero-order chi connectivity index (χ0) is 14.5. The molecule has 3 heteroatoms. The Kier molecular flexibility index (Phi) is 4.31. The van der Waals surface area contributed by atoms with Gasteiger partial charge in [0.15, 0.2) is 0 Å². The topological polar surface area (TPSA) is 33.6 Å². The van der Waals surface area contributed by atoms with Crippen molar-refractivity contribution in [1.82, 2.24) is 5.32 Å². The van der Waals surface area contributed by atoms with Crippen LogP contribution in [0.4, 0.5) is 0 Å². The first kappa shape index (κ1) is 13.8. The van der Waals surface area contributed by atoms with E-state index in [-0.39, 0.29) is 6.10 Å². The maximum Gasteiger partial charge on any atom is 0.145 e. The number of aryl methyl sites for hydroxylation is 1. The standard InChI is InChI=1S/C18H20N2O/c1-14-7-5-6-10-17(14)18-11-16(21-20-18)13-19-12-15-8-3-2-4-9-15/h2-10,16,19H,11-13H2,1H3. The smallest absolute Gasteiger partial charge is 0.145 e. The first-order chi connectivity index (χ1) is 10.3. The van der Waals surface area contributed by atoms with Crippen molar-refractivity contribution in [2.24, 2.45) is 5.16 Å². The molecule has 1 heterocycles. The lowest BCUT2D eigenvalue weighted by molar-refractivity contribution is 0.0848. The summed E-state index contributed by atoms with van der Waals surface area (Å²) in [4.78, 5) is 5.54. The summed E-state index contributed by atoms with van der Waals surface area (Å²) in [5.41, 5.74) is 4.79. The van der Waals surface area contributed by atoms with Crippen LogP contribution >= 0.6 is 0 Å². The van der Waals surface area contributed by atoms with Gasteiger partial charge in [-0.1, -0.05) is 59.8 Å². The van der Waals surface area contributed by atoms with Crippen LogP contribution in [0.1, 0.15) is 23.1 Å². The van der Waals surface area contributed by atoms with Crippen LogP contribution in [0.2, 0.25) is 0 Å². The third-order valence-corrected chi connectivity index (χ3v) is 3.73. The van der Waals surface area contributed by atoms with Gasteiger partial charge in [0.1, 0.15) is 6.10 Å². The van der Waals surface area contributed by atoms with Crippen LogP contribution in [-0.2, 0) is 11.4 Å². The molecule has 2 aromatic carbocycles. The summed E-state index contributed by atoms with van der Waals surface area (Å²) in [7, 11) is 0. The van der Waals surface area contributed by atoms with E-state index in [0.29, 0.717) is 0 Å². The Morgan fingerprint density at radius 1 is 1.10 bits per heavy atom. The van der Waals surface area contributed by atoms with Gasteiger partial charge in [-0.25, -0.2) is 0 Å². The molecule has 3 nitrogen and oxygen atoms in total. The minimum atomic E-state index is 0.128. The van der Waals surface area contributed by atoms with Crippen molar-refractivity contribution in [2.75, 3.05) is 6.54 Å². The van der Waals surface area contributed by atoms with Gasteiger partial charge < -0.3 is 10.2 Å². The molecule has 0 aliphatic carbocycles. The third kappa shape index (κ3) is 3.50. The van der Waals surface area contributed by atoms with Gasteiger partial charge in [0.2, 0.25) is 0 Å². The number of nitrogens with one attached hydrogen (secondary N) is 1. The Morgan fingerprint density at radius 2 is 1.86 bits per heavy atom. The zero-order valence-corrected chi connectivity index (χ0v) is 12.3. The summed E-state index contributed by atoms with van der Waals surface area (Å²) < 4.78 is 0. The van der Waals surface area contributed by atoms with E-state index in [1.165, 1.54) is 16.7 Å². The van der Waals surface area contributed by atoms with Gasteiger partial charge in [0.25, 0.3) is 0 Å². The average Bonchev–Trinajstić information content (AvgIpc) is 2.97. The molecular weight excluding hydrogens is 260 g/mol. The predicted molar refractivity (Wildman–Crippen MR) is 85.4 cm³/mol. The SMILES string of the molecule is Cc1ccccc1C1=NOC(CNCc2ccccc2)C1. The number of hydrogen-bond donors (Lipinski definition) is 1. The molecule has 1 unspecified atom stereocenters. The van der Waals surface area contributed by atoms with Crippen molar-refractivity contribution in [3.05, 3.63) is 71.3 Å². The van der Waals surface area contributed by atoms with Crippen LogP contribution in [-0.4, -0.2) is 18.4 Å². The second kappa shape index (κ2) is 6.55. The molecule has 0 fully saturated rings. The summed E-state index contributed by atoms with van der Waals surface area (Å²) in [6, 6.07) is 18.7. The van der Waals surface area contributed by atoms with Crippen LogP contribution in [0.15, 0.2) is 59.8 Å². The average molecular weight is 280 g/mol. The minimum absolute atomic E-state index is 0.128. The highest BCUT2D eigenvalue weighted by Crippen LogP contribution is 2.18. The highest BCUT2D eigenvalue weighted by Gasteiger charge is 2.22. The lowest BCUT2D eigenvalue weighted by Gasteiger charge is -2.10. The quantitative estimate of drug-likeness (QED) is 0.912. The van der Waals surface area contributed by atoms with Crippen LogP contribution < -0.4 is 5.32 Å². The molecule has 0 aromatic heterocycles. The van der Waals surface area contributed by atoms with E-state index in [9.17, 15) is 0 Å². The Labute approximate surface area is 125 Å². The summed E-state index contributed by atoms with van der Waals surface area (Å²) in [6.45, 7) is 3.78. The molecule has 3 rings (SSSR count). The van der Waals surface area contributed by atoms with Crippen molar-refractivity contribution in [3.8, 4) is 0 Å². The van der Waals surface area contributed by atoms with Crippen molar-refractivity contribution < 1.29 is 4.84 Å². The second-order valence-electron chi connectivity index (χ2n) is 5.40. The van der Waals surface area contributed by atoms with Gasteiger partial charge in [0.05, 0.1) is 5.71 Å². The number of nitrogens with zero attached hydrogens (tertiary/aromatic N) is 1. The largest absolute Gasteiger partial charge is 0.390 e. The fourth-order valence-electron chi connectivity index (χ4n) is 2.57. The normalized spacial score (nSPS) is 17.4. The summed E-state index contributed by atoms with van der Waals surface area (Å²) in [6.07, 6.45) is 0.996. The fourth-order valence-corrected chi connectivity index (χ4v) is 2.57. The number of hydrogen-bond acceptors (Lipinski definition) is 3. The molecule has 0 bridgehead atoms. The van der Waals surface area contributed by atoms with Crippen molar-refractivity contribution in [3.63, 3.8) is 0 Å². The summed E-state index contributed by atoms with van der Waals surface area (Å²) >= 11 is 0. The van der Waals surface area contributed by atoms with Crippen molar-refractivity contribution >= 4 is 5.71 Å². The zero-order valence-electron chi connectivity index (χ0n) is 12.3. The van der Waals surface area contributed by atoms with E-state index >= 15 is 0 Å². The Balaban J connectivity index is 1.49. The monoisotopic (exact) mass is 280 g/mol. The second-order valence-corrected chi connectivity index (χ2v) is 5.40. The van der Waals surface area contributed by atoms with E-state index < -0.39 is 0 Å². The van der Waals surface area contributed by atoms with Crippen molar-refractivity contribution in [1.29, 1.82) is 0 Å². The molecule has 0 radical (unpaired) electrons. The summed E-state index contributed by atoms with van der Waals surface area (Å²) in [5, 5.41) is 7.68. The maximum absolute atomic E-state index is 5.54. The highest BCUT2D eigenvalue weighted by atomic mass is 16.6. The van der Waals surface area contributed by atoms with E-state index in [0.717, 1.165) is 25.2 Å². The van der Waals surface area contributed by atoms with Crippen LogP contribution in [0.3, 0.4) is 0 Å². The number of oxime groups is 1. The Hall–Kier alpha value is -2.13. The molecule has 1 atom stereocenters. The van der Waals surface area contributed by atoms with E-state index in [1.54, 1.807) is 0 Å². The van der Waals surface area contributed by atoms with Gasteiger partial charge in [0, 0.05) is 25.1 Å². The molecule has 108 valence electrons. The first-order valence-corrected chi connectivity index (χ1v) is 7.36. The lowest BCUT2D eigenvalue weighted by Crippen LogP contribution is -2.26. The number of benzene rings is 2. The van der Waals surface area contributed by atoms with Crippen LogP contribution in [0.5, 0.6) is 0 Å². The van der Waals surface area contributed by atoms with Gasteiger partial charge in [-0.2, -0.15) is 0 Å². The van der Waals surface area contributed by atoms with Gasteiger partial charge >= 0.3 is 0 Å². The molecule has 1 aliphatic rings. The fraction of sp³-hybridized carbons (Fsp3) is 0.278. The molecule has 1 aliphatic heterocycles. The van der Waals surface area contributed by atoms with Crippen LogP contribution in [0, 0.1) is 6.92 Å². The summed E-state index contributed by atoms with van der Waals surface area (Å²) in [5.74, 6) is 0. The first-order valence-electron chi connectivity index (χ1n) is 7.36. The maximum atomic E-state index is 5.54. The molecular formula is C18H20N2O. The Bertz CT molecular complexity index is 622. The van der Waals surface area contributed by atoms with Gasteiger partial charge in [-0.05, 0) is 18.1 Å².